The molecule has 0 saturated heterocycles. The van der Waals surface area contributed by atoms with Gasteiger partial charge in [0.15, 0.2) is 0 Å². The standard InChI is InChI=1S/C14H19N3/c1-12-4-3-5-13(2)14(12)10-15-6-8-17-9-7-16-11-17/h3-5,7,9,11,15H,6,8,10H2,1-2H3. The van der Waals surface area contributed by atoms with Crippen molar-refractivity contribution in [3.8, 4) is 0 Å². The second kappa shape index (κ2) is 5.64. The van der Waals surface area contributed by atoms with Gasteiger partial charge < -0.3 is 9.88 Å². The van der Waals surface area contributed by atoms with Crippen LogP contribution in [0.1, 0.15) is 16.7 Å². The fraction of sp³-hybridized carbons (Fsp3) is 0.357. The molecule has 1 heterocycles. The van der Waals surface area contributed by atoms with Crippen LogP contribution in [-0.2, 0) is 13.1 Å². The van der Waals surface area contributed by atoms with Crippen LogP contribution in [0.5, 0.6) is 0 Å². The van der Waals surface area contributed by atoms with Crippen LogP contribution in [-0.4, -0.2) is 16.1 Å². The molecule has 90 valence electrons. The lowest BCUT2D eigenvalue weighted by Gasteiger charge is -2.11. The van der Waals surface area contributed by atoms with Crippen LogP contribution in [0, 0.1) is 13.8 Å². The molecule has 3 nitrogen and oxygen atoms in total. The highest BCUT2D eigenvalue weighted by molar-refractivity contribution is 5.33. The number of rotatable bonds is 5. The molecule has 0 aliphatic rings. The molecule has 0 aliphatic carbocycles. The van der Waals surface area contributed by atoms with Crippen molar-refractivity contribution >= 4 is 0 Å². The summed E-state index contributed by atoms with van der Waals surface area (Å²) in [7, 11) is 0. The molecule has 0 radical (unpaired) electrons. The normalized spacial score (nSPS) is 10.7. The third-order valence-corrected chi connectivity index (χ3v) is 3.05. The summed E-state index contributed by atoms with van der Waals surface area (Å²) >= 11 is 0. The van der Waals surface area contributed by atoms with E-state index >= 15 is 0 Å². The van der Waals surface area contributed by atoms with Gasteiger partial charge in [-0.05, 0) is 30.5 Å². The van der Waals surface area contributed by atoms with Crippen molar-refractivity contribution < 1.29 is 0 Å². The van der Waals surface area contributed by atoms with E-state index in [1.165, 1.54) is 16.7 Å². The Morgan fingerprint density at radius 3 is 2.65 bits per heavy atom. The fourth-order valence-electron chi connectivity index (χ4n) is 1.97. The number of hydrogen-bond acceptors (Lipinski definition) is 2. The summed E-state index contributed by atoms with van der Waals surface area (Å²) in [5.41, 5.74) is 4.14. The molecule has 17 heavy (non-hydrogen) atoms. The molecule has 3 heteroatoms. The summed E-state index contributed by atoms with van der Waals surface area (Å²) in [6.07, 6.45) is 5.65. The maximum Gasteiger partial charge on any atom is 0.0946 e. The van der Waals surface area contributed by atoms with Gasteiger partial charge >= 0.3 is 0 Å². The Bertz CT molecular complexity index is 440. The quantitative estimate of drug-likeness (QED) is 0.797. The van der Waals surface area contributed by atoms with Crippen molar-refractivity contribution in [1.82, 2.24) is 14.9 Å². The molecular formula is C14H19N3. The average Bonchev–Trinajstić information content (AvgIpc) is 2.80. The minimum atomic E-state index is 0.938. The van der Waals surface area contributed by atoms with Crippen LogP contribution >= 0.6 is 0 Å². The smallest absolute Gasteiger partial charge is 0.0946 e. The minimum absolute atomic E-state index is 0.938. The van der Waals surface area contributed by atoms with Crippen LogP contribution in [0.25, 0.3) is 0 Å². The number of imidazole rings is 1. The van der Waals surface area contributed by atoms with Crippen LogP contribution < -0.4 is 5.32 Å². The predicted molar refractivity (Wildman–Crippen MR) is 69.8 cm³/mol. The second-order valence-corrected chi connectivity index (χ2v) is 4.35. The first-order valence-corrected chi connectivity index (χ1v) is 5.99. The second-order valence-electron chi connectivity index (χ2n) is 4.35. The van der Waals surface area contributed by atoms with Crippen molar-refractivity contribution in [2.45, 2.75) is 26.9 Å². The summed E-state index contributed by atoms with van der Waals surface area (Å²) in [5.74, 6) is 0. The first-order chi connectivity index (χ1) is 8.27. The van der Waals surface area contributed by atoms with Crippen molar-refractivity contribution in [3.63, 3.8) is 0 Å². The zero-order valence-electron chi connectivity index (χ0n) is 10.5. The van der Waals surface area contributed by atoms with Crippen molar-refractivity contribution in [2.75, 3.05) is 6.54 Å². The number of nitrogens with zero attached hydrogens (tertiary/aromatic N) is 2. The minimum Gasteiger partial charge on any atom is -0.336 e. The Labute approximate surface area is 103 Å². The largest absolute Gasteiger partial charge is 0.336 e. The molecule has 0 bridgehead atoms. The van der Waals surface area contributed by atoms with E-state index in [0.717, 1.165) is 19.6 Å². The van der Waals surface area contributed by atoms with Crippen LogP contribution in [0.15, 0.2) is 36.9 Å². The molecule has 0 atom stereocenters. The SMILES string of the molecule is Cc1cccc(C)c1CNCCn1ccnc1. The van der Waals surface area contributed by atoms with Crippen LogP contribution in [0.2, 0.25) is 0 Å². The number of nitrogens with one attached hydrogen (secondary N) is 1. The van der Waals surface area contributed by atoms with E-state index < -0.39 is 0 Å². The lowest BCUT2D eigenvalue weighted by molar-refractivity contribution is 0.595. The molecule has 1 N–H and O–H groups in total. The predicted octanol–water partition coefficient (Wildman–Crippen LogP) is 2.29. The van der Waals surface area contributed by atoms with E-state index in [-0.39, 0.29) is 0 Å². The number of aryl methyl sites for hydroxylation is 2. The van der Waals surface area contributed by atoms with E-state index in [1.54, 1.807) is 0 Å². The molecule has 1 aromatic carbocycles. The fourth-order valence-corrected chi connectivity index (χ4v) is 1.97. The third kappa shape index (κ3) is 3.17. The summed E-state index contributed by atoms with van der Waals surface area (Å²) in [6, 6.07) is 6.44. The maximum absolute atomic E-state index is 4.02. The molecule has 2 aromatic rings. The van der Waals surface area contributed by atoms with E-state index in [4.69, 9.17) is 0 Å². The Morgan fingerprint density at radius 1 is 1.24 bits per heavy atom. The molecule has 1 aromatic heterocycles. The average molecular weight is 229 g/mol. The first-order valence-electron chi connectivity index (χ1n) is 5.99. The lowest BCUT2D eigenvalue weighted by Crippen LogP contribution is -2.20. The van der Waals surface area contributed by atoms with Gasteiger partial charge in [-0.1, -0.05) is 18.2 Å². The summed E-state index contributed by atoms with van der Waals surface area (Å²) in [5, 5.41) is 3.47. The van der Waals surface area contributed by atoms with E-state index in [1.807, 2.05) is 18.7 Å². The molecule has 0 spiro atoms. The monoisotopic (exact) mass is 229 g/mol. The van der Waals surface area contributed by atoms with Gasteiger partial charge in [0.2, 0.25) is 0 Å². The first kappa shape index (κ1) is 11.9. The zero-order chi connectivity index (χ0) is 12.1. The lowest BCUT2D eigenvalue weighted by atomic mass is 10.0. The van der Waals surface area contributed by atoms with Crippen molar-refractivity contribution in [3.05, 3.63) is 53.6 Å². The molecule has 0 saturated carbocycles. The van der Waals surface area contributed by atoms with Gasteiger partial charge in [-0.2, -0.15) is 0 Å². The van der Waals surface area contributed by atoms with Gasteiger partial charge in [-0.3, -0.25) is 0 Å². The van der Waals surface area contributed by atoms with Gasteiger partial charge in [0.25, 0.3) is 0 Å². The van der Waals surface area contributed by atoms with Gasteiger partial charge in [-0.25, -0.2) is 4.98 Å². The maximum atomic E-state index is 4.02. The molecule has 0 aliphatic heterocycles. The highest BCUT2D eigenvalue weighted by Gasteiger charge is 2.00. The van der Waals surface area contributed by atoms with Crippen molar-refractivity contribution in [1.29, 1.82) is 0 Å². The molecule has 0 fully saturated rings. The zero-order valence-corrected chi connectivity index (χ0v) is 10.5. The van der Waals surface area contributed by atoms with Gasteiger partial charge in [0.05, 0.1) is 6.33 Å². The molecule has 0 amide bonds. The Hall–Kier alpha value is -1.61. The summed E-state index contributed by atoms with van der Waals surface area (Å²) < 4.78 is 2.08. The molecule has 2 rings (SSSR count). The number of benzene rings is 1. The third-order valence-electron chi connectivity index (χ3n) is 3.05. The van der Waals surface area contributed by atoms with Gasteiger partial charge in [0, 0.05) is 32.0 Å². The Morgan fingerprint density at radius 2 is 2.00 bits per heavy atom. The van der Waals surface area contributed by atoms with E-state index in [2.05, 4.69) is 46.9 Å². The van der Waals surface area contributed by atoms with Crippen LogP contribution in [0.3, 0.4) is 0 Å². The van der Waals surface area contributed by atoms with Crippen LogP contribution in [0.4, 0.5) is 0 Å². The number of aromatic nitrogens is 2. The topological polar surface area (TPSA) is 29.9 Å². The highest BCUT2D eigenvalue weighted by atomic mass is 15.0. The van der Waals surface area contributed by atoms with Crippen molar-refractivity contribution in [2.24, 2.45) is 0 Å². The molecular weight excluding hydrogens is 210 g/mol. The van der Waals surface area contributed by atoms with Gasteiger partial charge in [-0.15, -0.1) is 0 Å². The van der Waals surface area contributed by atoms with E-state index in [0.29, 0.717) is 0 Å². The molecule has 0 unspecified atom stereocenters. The highest BCUT2D eigenvalue weighted by Crippen LogP contribution is 2.12. The summed E-state index contributed by atoms with van der Waals surface area (Å²) in [4.78, 5) is 4.02. The Balaban J connectivity index is 1.82. The Kier molecular flexibility index (Phi) is 3.94. The number of hydrogen-bond donors (Lipinski definition) is 1. The van der Waals surface area contributed by atoms with Gasteiger partial charge in [0.1, 0.15) is 0 Å². The van der Waals surface area contributed by atoms with E-state index in [9.17, 15) is 0 Å². The summed E-state index contributed by atoms with van der Waals surface area (Å²) in [6.45, 7) is 7.20.